The molecular formula is C22H28N2O4. The van der Waals surface area contributed by atoms with E-state index in [1.54, 1.807) is 22.9 Å². The fourth-order valence-electron chi connectivity index (χ4n) is 3.06. The van der Waals surface area contributed by atoms with Crippen LogP contribution in [0.4, 0.5) is 4.79 Å². The molecular weight excluding hydrogens is 356 g/mol. The molecule has 6 nitrogen and oxygen atoms in total. The molecule has 0 spiro atoms. The molecule has 0 aliphatic carbocycles. The zero-order chi connectivity index (χ0) is 20.4. The van der Waals surface area contributed by atoms with Gasteiger partial charge in [0.05, 0.1) is 18.7 Å². The fraction of sp³-hybridized carbons (Fsp3) is 0.455. The second-order valence-electron chi connectivity index (χ2n) is 6.93. The van der Waals surface area contributed by atoms with Gasteiger partial charge in [-0.3, -0.25) is 4.79 Å². The molecule has 1 unspecified atom stereocenters. The van der Waals surface area contributed by atoms with Crippen LogP contribution in [0.15, 0.2) is 42.5 Å². The summed E-state index contributed by atoms with van der Waals surface area (Å²) in [7, 11) is 1.76. The second kappa shape index (κ2) is 11.2. The summed E-state index contributed by atoms with van der Waals surface area (Å²) in [5, 5.41) is 18.9. The molecule has 1 aliphatic rings. The average Bonchev–Trinajstić information content (AvgIpc) is 2.67. The van der Waals surface area contributed by atoms with Gasteiger partial charge in [-0.25, -0.2) is 4.79 Å². The van der Waals surface area contributed by atoms with Crippen molar-refractivity contribution in [3.05, 3.63) is 48.0 Å². The van der Waals surface area contributed by atoms with E-state index in [0.717, 1.165) is 12.0 Å². The van der Waals surface area contributed by atoms with Crippen molar-refractivity contribution in [2.75, 3.05) is 20.1 Å². The van der Waals surface area contributed by atoms with Crippen LogP contribution in [0.1, 0.15) is 31.2 Å². The average molecular weight is 384 g/mol. The van der Waals surface area contributed by atoms with Gasteiger partial charge >= 0.3 is 12.0 Å². The Morgan fingerprint density at radius 3 is 2.79 bits per heavy atom. The van der Waals surface area contributed by atoms with Crippen LogP contribution in [-0.2, 0) is 11.2 Å². The van der Waals surface area contributed by atoms with Gasteiger partial charge < -0.3 is 20.0 Å². The van der Waals surface area contributed by atoms with Crippen LogP contribution in [-0.4, -0.2) is 64.3 Å². The standard InChI is InChI=1S/C22H28N2O4/c1-23-16-14-19(12-13-20(25)17-18-9-5-4-6-10-18)24(22(23)28)15-8-3-2-7-11-21(26)27/h4-6,9-10,12-13,19-20,25H,2,7,11,14-17H2,1H3,(H,26,27)/b13-12+/t19-,20?/m0/s1. The third-order valence-electron chi connectivity index (χ3n) is 4.64. The van der Waals surface area contributed by atoms with E-state index >= 15 is 0 Å². The molecule has 1 aromatic carbocycles. The van der Waals surface area contributed by atoms with Crippen LogP contribution in [0, 0.1) is 11.8 Å². The van der Waals surface area contributed by atoms with Crippen molar-refractivity contribution in [1.29, 1.82) is 0 Å². The van der Waals surface area contributed by atoms with Crippen molar-refractivity contribution >= 4 is 12.0 Å². The van der Waals surface area contributed by atoms with E-state index in [-0.39, 0.29) is 18.5 Å². The molecule has 1 aromatic rings. The zero-order valence-electron chi connectivity index (χ0n) is 16.3. The van der Waals surface area contributed by atoms with Gasteiger partial charge in [0, 0.05) is 32.9 Å². The molecule has 0 aromatic heterocycles. The summed E-state index contributed by atoms with van der Waals surface area (Å²) in [6.45, 7) is 0.950. The number of carbonyl (C=O) groups excluding carboxylic acids is 1. The maximum atomic E-state index is 12.5. The summed E-state index contributed by atoms with van der Waals surface area (Å²) >= 11 is 0. The number of urea groups is 1. The minimum Gasteiger partial charge on any atom is -0.481 e. The minimum absolute atomic E-state index is 0.0849. The highest BCUT2D eigenvalue weighted by Gasteiger charge is 2.29. The second-order valence-corrected chi connectivity index (χ2v) is 6.93. The van der Waals surface area contributed by atoms with Gasteiger partial charge in [-0.1, -0.05) is 48.4 Å². The lowest BCUT2D eigenvalue weighted by Crippen LogP contribution is -2.52. The molecule has 2 rings (SSSR count). The third kappa shape index (κ3) is 7.09. The number of benzene rings is 1. The van der Waals surface area contributed by atoms with E-state index in [9.17, 15) is 14.7 Å². The Balaban J connectivity index is 1.93. The number of carboxylic acids is 1. The number of hydrogen-bond donors (Lipinski definition) is 2. The first-order valence-electron chi connectivity index (χ1n) is 9.57. The van der Waals surface area contributed by atoms with Gasteiger partial charge in [0.15, 0.2) is 0 Å². The van der Waals surface area contributed by atoms with E-state index < -0.39 is 12.1 Å². The maximum Gasteiger partial charge on any atom is 0.321 e. The Labute approximate surface area is 166 Å². The van der Waals surface area contributed by atoms with Gasteiger partial charge in [-0.05, 0) is 18.4 Å². The molecule has 1 saturated heterocycles. The molecule has 1 fully saturated rings. The lowest BCUT2D eigenvalue weighted by atomic mass is 10.0. The highest BCUT2D eigenvalue weighted by atomic mass is 16.4. The van der Waals surface area contributed by atoms with Crippen LogP contribution >= 0.6 is 0 Å². The topological polar surface area (TPSA) is 81.1 Å². The SMILES string of the molecule is CN1CC[C@H](/C=C/C(O)Cc2ccccc2)N(CC#CCCCC(=O)O)C1=O. The zero-order valence-corrected chi connectivity index (χ0v) is 16.3. The molecule has 1 heterocycles. The number of rotatable bonds is 8. The Kier molecular flexibility index (Phi) is 8.57. The number of nitrogens with zero attached hydrogens (tertiary/aromatic N) is 2. The van der Waals surface area contributed by atoms with Crippen LogP contribution in [0.5, 0.6) is 0 Å². The first-order chi connectivity index (χ1) is 13.5. The van der Waals surface area contributed by atoms with Crippen LogP contribution < -0.4 is 0 Å². The number of aliphatic hydroxyl groups excluding tert-OH is 1. The Morgan fingerprint density at radius 1 is 1.32 bits per heavy atom. The van der Waals surface area contributed by atoms with Crippen molar-refractivity contribution in [1.82, 2.24) is 9.80 Å². The molecule has 0 saturated carbocycles. The van der Waals surface area contributed by atoms with E-state index in [2.05, 4.69) is 11.8 Å². The lowest BCUT2D eigenvalue weighted by molar-refractivity contribution is -0.137. The summed E-state index contributed by atoms with van der Waals surface area (Å²) in [6, 6.07) is 9.58. The van der Waals surface area contributed by atoms with Gasteiger partial charge in [0.25, 0.3) is 0 Å². The maximum absolute atomic E-state index is 12.5. The van der Waals surface area contributed by atoms with Crippen LogP contribution in [0.2, 0.25) is 0 Å². The first-order valence-corrected chi connectivity index (χ1v) is 9.57. The largest absolute Gasteiger partial charge is 0.481 e. The van der Waals surface area contributed by atoms with Crippen molar-refractivity contribution in [2.45, 2.75) is 44.2 Å². The summed E-state index contributed by atoms with van der Waals surface area (Å²) < 4.78 is 0. The Bertz CT molecular complexity index is 736. The van der Waals surface area contributed by atoms with Crippen molar-refractivity contribution in [3.8, 4) is 11.8 Å². The Hall–Kier alpha value is -2.78. The van der Waals surface area contributed by atoms with Crippen molar-refractivity contribution < 1.29 is 19.8 Å². The van der Waals surface area contributed by atoms with Gasteiger partial charge in [-0.15, -0.1) is 5.92 Å². The van der Waals surface area contributed by atoms with Crippen LogP contribution in [0.25, 0.3) is 0 Å². The lowest BCUT2D eigenvalue weighted by Gasteiger charge is -2.37. The van der Waals surface area contributed by atoms with Crippen LogP contribution in [0.3, 0.4) is 0 Å². The summed E-state index contributed by atoms with van der Waals surface area (Å²) in [5.74, 6) is 5.09. The number of unbranched alkanes of at least 4 members (excludes halogenated alkanes) is 1. The third-order valence-corrected chi connectivity index (χ3v) is 4.64. The van der Waals surface area contributed by atoms with E-state index in [4.69, 9.17) is 5.11 Å². The number of carbonyl (C=O) groups is 2. The molecule has 6 heteroatoms. The quantitative estimate of drug-likeness (QED) is 0.410. The molecule has 2 N–H and O–H groups in total. The van der Waals surface area contributed by atoms with Gasteiger partial charge in [0.1, 0.15) is 0 Å². The Morgan fingerprint density at radius 2 is 2.07 bits per heavy atom. The van der Waals surface area contributed by atoms with Crippen molar-refractivity contribution in [3.63, 3.8) is 0 Å². The smallest absolute Gasteiger partial charge is 0.321 e. The molecule has 0 radical (unpaired) electrons. The van der Waals surface area contributed by atoms with Gasteiger partial charge in [-0.2, -0.15) is 0 Å². The number of aliphatic hydroxyl groups is 1. The molecule has 28 heavy (non-hydrogen) atoms. The van der Waals surface area contributed by atoms with E-state index in [0.29, 0.717) is 32.4 Å². The predicted octanol–water partition coefficient (Wildman–Crippen LogP) is 2.53. The number of aliphatic carboxylic acids is 1. The highest BCUT2D eigenvalue weighted by molar-refractivity contribution is 5.76. The van der Waals surface area contributed by atoms with E-state index in [1.807, 2.05) is 36.4 Å². The number of carboxylic acid groups (broad SMARTS) is 1. The molecule has 2 amide bonds. The highest BCUT2D eigenvalue weighted by Crippen LogP contribution is 2.16. The van der Waals surface area contributed by atoms with Crippen molar-refractivity contribution in [2.24, 2.45) is 0 Å². The van der Waals surface area contributed by atoms with E-state index in [1.165, 1.54) is 0 Å². The summed E-state index contributed by atoms with van der Waals surface area (Å²) in [6.07, 6.45) is 5.45. The fourth-order valence-corrected chi connectivity index (χ4v) is 3.06. The summed E-state index contributed by atoms with van der Waals surface area (Å²) in [5.41, 5.74) is 1.06. The predicted molar refractivity (Wildman–Crippen MR) is 108 cm³/mol. The van der Waals surface area contributed by atoms with Gasteiger partial charge in [0.2, 0.25) is 0 Å². The number of amides is 2. The first kappa shape index (κ1) is 21.5. The molecule has 0 bridgehead atoms. The molecule has 1 aliphatic heterocycles. The minimum atomic E-state index is -0.825. The monoisotopic (exact) mass is 384 g/mol. The summed E-state index contributed by atoms with van der Waals surface area (Å²) in [4.78, 5) is 26.4. The molecule has 150 valence electrons. The number of hydrogen-bond acceptors (Lipinski definition) is 3. The normalized spacial score (nSPS) is 18.1. The molecule has 2 atom stereocenters.